The van der Waals surface area contributed by atoms with Crippen molar-refractivity contribution >= 4 is 5.97 Å². The molecule has 2 fully saturated rings. The zero-order valence-electron chi connectivity index (χ0n) is 13.8. The number of benzene rings is 1. The van der Waals surface area contributed by atoms with Gasteiger partial charge in [0.1, 0.15) is 24.4 Å². The molecule has 1 aromatic rings. The average molecular weight is 322 g/mol. The Kier molecular flexibility index (Phi) is 4.18. The Hall–Kier alpha value is -1.47. The zero-order valence-corrected chi connectivity index (χ0v) is 13.8. The summed E-state index contributed by atoms with van der Waals surface area (Å²) in [6, 6.07) is 8.84. The van der Waals surface area contributed by atoms with Crippen molar-refractivity contribution in [3.63, 3.8) is 0 Å². The van der Waals surface area contributed by atoms with Gasteiger partial charge in [-0.1, -0.05) is 18.2 Å². The molecule has 6 heteroatoms. The first kappa shape index (κ1) is 16.4. The molecule has 0 aromatic heterocycles. The lowest BCUT2D eigenvalue weighted by atomic mass is 9.99. The fraction of sp³-hybridized carbons (Fsp3) is 0.588. The van der Waals surface area contributed by atoms with Crippen LogP contribution < -0.4 is 0 Å². The summed E-state index contributed by atoms with van der Waals surface area (Å²) in [6.07, 6.45) is -1.27. The number of ether oxygens (including phenoxy) is 5. The number of carbonyl (C=O) groups is 1. The van der Waals surface area contributed by atoms with Crippen LogP contribution in [0.5, 0.6) is 0 Å². The molecular formula is C17H22O6. The van der Waals surface area contributed by atoms with Gasteiger partial charge in [0.2, 0.25) is 0 Å². The molecule has 2 aliphatic rings. The van der Waals surface area contributed by atoms with E-state index >= 15 is 0 Å². The third-order valence-corrected chi connectivity index (χ3v) is 4.12. The molecule has 0 bridgehead atoms. The van der Waals surface area contributed by atoms with E-state index in [-0.39, 0.29) is 18.8 Å². The Morgan fingerprint density at radius 1 is 1.13 bits per heavy atom. The number of methoxy groups -OCH3 is 1. The zero-order chi connectivity index (χ0) is 16.7. The van der Waals surface area contributed by atoms with Gasteiger partial charge in [-0.05, 0) is 32.9 Å². The van der Waals surface area contributed by atoms with Gasteiger partial charge in [0, 0.05) is 7.11 Å². The van der Waals surface area contributed by atoms with Crippen LogP contribution in [0, 0.1) is 0 Å². The van der Waals surface area contributed by atoms with Crippen molar-refractivity contribution in [1.29, 1.82) is 0 Å². The average Bonchev–Trinajstić information content (AvgIpc) is 2.99. The van der Waals surface area contributed by atoms with E-state index in [1.54, 1.807) is 31.4 Å². The lowest BCUT2D eigenvalue weighted by Gasteiger charge is -2.30. The lowest BCUT2D eigenvalue weighted by molar-refractivity contribution is -0.252. The maximum absolute atomic E-state index is 12.1. The Morgan fingerprint density at radius 3 is 2.48 bits per heavy atom. The van der Waals surface area contributed by atoms with Crippen molar-refractivity contribution in [2.24, 2.45) is 0 Å². The summed E-state index contributed by atoms with van der Waals surface area (Å²) in [7, 11) is 1.55. The molecule has 0 saturated carbocycles. The van der Waals surface area contributed by atoms with Crippen LogP contribution in [0.3, 0.4) is 0 Å². The first-order chi connectivity index (χ1) is 10.8. The van der Waals surface area contributed by atoms with Gasteiger partial charge in [0.05, 0.1) is 5.56 Å². The Bertz CT molecular complexity index is 572. The summed E-state index contributed by atoms with van der Waals surface area (Å²) in [5, 5.41) is 0. The minimum atomic E-state index is -0.830. The molecule has 2 unspecified atom stereocenters. The van der Waals surface area contributed by atoms with E-state index < -0.39 is 23.6 Å². The predicted molar refractivity (Wildman–Crippen MR) is 80.8 cm³/mol. The van der Waals surface area contributed by atoms with Crippen LogP contribution in [0.2, 0.25) is 0 Å². The largest absolute Gasteiger partial charge is 0.459 e. The summed E-state index contributed by atoms with van der Waals surface area (Å²) < 4.78 is 28.5. The molecule has 0 radical (unpaired) electrons. The molecule has 2 aliphatic heterocycles. The molecule has 0 spiro atoms. The molecule has 3 rings (SSSR count). The standard InChI is InChI=1S/C17H22O6/c1-16(2)21-12-13(22-16)17(3,23-15(12)19-4)10-20-14(18)11-8-6-5-7-9-11/h5-9,12-13,15H,10H2,1-4H3/t12?,13?,15-,17-/m1/s1. The summed E-state index contributed by atoms with van der Waals surface area (Å²) >= 11 is 0. The van der Waals surface area contributed by atoms with Crippen molar-refractivity contribution < 1.29 is 28.5 Å². The van der Waals surface area contributed by atoms with Gasteiger partial charge in [0.15, 0.2) is 12.1 Å². The van der Waals surface area contributed by atoms with Crippen LogP contribution in [-0.2, 0) is 23.7 Å². The number of carbonyl (C=O) groups excluding carboxylic acids is 1. The maximum Gasteiger partial charge on any atom is 0.338 e. The lowest BCUT2D eigenvalue weighted by Crippen LogP contribution is -2.45. The second-order valence-corrected chi connectivity index (χ2v) is 6.50. The molecule has 4 atom stereocenters. The first-order valence-electron chi connectivity index (χ1n) is 7.63. The van der Waals surface area contributed by atoms with Crippen LogP contribution in [0.15, 0.2) is 30.3 Å². The molecule has 0 N–H and O–H groups in total. The summed E-state index contributed by atoms with van der Waals surface area (Å²) in [5.41, 5.74) is -0.332. The highest BCUT2D eigenvalue weighted by atomic mass is 16.8. The van der Waals surface area contributed by atoms with Gasteiger partial charge in [-0.25, -0.2) is 4.79 Å². The minimum absolute atomic E-state index is 0.0567. The highest BCUT2D eigenvalue weighted by Crippen LogP contribution is 2.44. The van der Waals surface area contributed by atoms with Crippen LogP contribution >= 0.6 is 0 Å². The van der Waals surface area contributed by atoms with E-state index in [1.165, 1.54) is 0 Å². The number of hydrogen-bond donors (Lipinski definition) is 0. The molecule has 23 heavy (non-hydrogen) atoms. The Morgan fingerprint density at radius 2 is 1.83 bits per heavy atom. The van der Waals surface area contributed by atoms with Gasteiger partial charge >= 0.3 is 5.97 Å². The SMILES string of the molecule is CO[C@@H]1O[C@](C)(COC(=O)c2ccccc2)C2OC(C)(C)OC21. The van der Waals surface area contributed by atoms with Gasteiger partial charge in [0.25, 0.3) is 0 Å². The second-order valence-electron chi connectivity index (χ2n) is 6.50. The van der Waals surface area contributed by atoms with E-state index in [4.69, 9.17) is 23.7 Å². The number of rotatable bonds is 4. The first-order valence-corrected chi connectivity index (χ1v) is 7.63. The second kappa shape index (κ2) is 5.87. The van der Waals surface area contributed by atoms with Crippen molar-refractivity contribution in [2.75, 3.05) is 13.7 Å². The van der Waals surface area contributed by atoms with Crippen molar-refractivity contribution in [1.82, 2.24) is 0 Å². The molecule has 0 aliphatic carbocycles. The summed E-state index contributed by atoms with van der Waals surface area (Å²) in [6.45, 7) is 5.58. The van der Waals surface area contributed by atoms with Gasteiger partial charge in [-0.15, -0.1) is 0 Å². The third kappa shape index (κ3) is 3.12. The topological polar surface area (TPSA) is 63.2 Å². The van der Waals surface area contributed by atoms with Crippen LogP contribution in [0.4, 0.5) is 0 Å². The molecular weight excluding hydrogens is 300 g/mol. The summed E-state index contributed by atoms with van der Waals surface area (Å²) in [5.74, 6) is -1.12. The van der Waals surface area contributed by atoms with Crippen molar-refractivity contribution in [3.8, 4) is 0 Å². The molecule has 0 amide bonds. The van der Waals surface area contributed by atoms with E-state index in [0.717, 1.165) is 0 Å². The highest BCUT2D eigenvalue weighted by molar-refractivity contribution is 5.89. The molecule has 1 aromatic carbocycles. The number of esters is 1. The van der Waals surface area contributed by atoms with Gasteiger partial charge in [-0.2, -0.15) is 0 Å². The normalized spacial score (nSPS) is 35.0. The predicted octanol–water partition coefficient (Wildman–Crippen LogP) is 2.12. The Balaban J connectivity index is 1.70. The fourth-order valence-electron chi connectivity index (χ4n) is 3.02. The Labute approximate surface area is 135 Å². The van der Waals surface area contributed by atoms with Crippen LogP contribution in [0.1, 0.15) is 31.1 Å². The molecule has 2 heterocycles. The fourth-order valence-corrected chi connectivity index (χ4v) is 3.02. The third-order valence-electron chi connectivity index (χ3n) is 4.12. The minimum Gasteiger partial charge on any atom is -0.459 e. The maximum atomic E-state index is 12.1. The van der Waals surface area contributed by atoms with Gasteiger partial charge in [-0.3, -0.25) is 0 Å². The van der Waals surface area contributed by atoms with Crippen LogP contribution in [0.25, 0.3) is 0 Å². The van der Waals surface area contributed by atoms with Crippen molar-refractivity contribution in [2.45, 2.75) is 50.7 Å². The monoisotopic (exact) mass is 322 g/mol. The smallest absolute Gasteiger partial charge is 0.338 e. The molecule has 2 saturated heterocycles. The van der Waals surface area contributed by atoms with E-state index in [2.05, 4.69) is 0 Å². The van der Waals surface area contributed by atoms with E-state index in [1.807, 2.05) is 26.8 Å². The number of fused-ring (bicyclic) bond motifs is 1. The van der Waals surface area contributed by atoms with E-state index in [0.29, 0.717) is 5.56 Å². The quantitative estimate of drug-likeness (QED) is 0.791. The van der Waals surface area contributed by atoms with Crippen molar-refractivity contribution in [3.05, 3.63) is 35.9 Å². The summed E-state index contributed by atoms with van der Waals surface area (Å²) in [4.78, 5) is 12.1. The highest BCUT2D eigenvalue weighted by Gasteiger charge is 2.61. The van der Waals surface area contributed by atoms with Crippen LogP contribution in [-0.4, -0.2) is 49.6 Å². The van der Waals surface area contributed by atoms with E-state index in [9.17, 15) is 4.79 Å². The molecule has 126 valence electrons. The van der Waals surface area contributed by atoms with Gasteiger partial charge < -0.3 is 23.7 Å². The molecule has 6 nitrogen and oxygen atoms in total. The number of hydrogen-bond acceptors (Lipinski definition) is 6.